The Morgan fingerprint density at radius 1 is 1.19 bits per heavy atom. The number of Topliss-reactive ketones (excluding diaryl/α,β-unsaturated/α-hetero) is 1. The number of alkyl halides is 3. The molecule has 0 saturated carbocycles. The zero-order valence-electron chi connectivity index (χ0n) is 14.3. The van der Waals surface area contributed by atoms with E-state index >= 15 is 0 Å². The third-order valence-corrected chi connectivity index (χ3v) is 4.68. The van der Waals surface area contributed by atoms with Crippen molar-refractivity contribution >= 4 is 29.0 Å². The zero-order chi connectivity index (χ0) is 19.3. The first-order valence-corrected chi connectivity index (χ1v) is 9.07. The van der Waals surface area contributed by atoms with Crippen LogP contribution in [0.4, 0.5) is 4.39 Å². The van der Waals surface area contributed by atoms with E-state index in [9.17, 15) is 14.3 Å². The molecule has 4 nitrogen and oxygen atoms in total. The second kappa shape index (κ2) is 9.42. The third kappa shape index (κ3) is 5.24. The van der Waals surface area contributed by atoms with Crippen molar-refractivity contribution in [1.29, 1.82) is 0 Å². The zero-order valence-corrected chi connectivity index (χ0v) is 15.8. The first-order valence-electron chi connectivity index (χ1n) is 8.20. The molecule has 2 rings (SSSR count). The second-order valence-corrected chi connectivity index (χ2v) is 7.31. The Bertz CT molecular complexity index is 721. The topological polar surface area (TPSA) is 76.2 Å². The van der Waals surface area contributed by atoms with Crippen LogP contribution in [0.25, 0.3) is 11.1 Å². The van der Waals surface area contributed by atoms with E-state index in [4.69, 9.17) is 28.9 Å². The Kier molecular flexibility index (Phi) is 7.53. The second-order valence-electron chi connectivity index (χ2n) is 6.21. The van der Waals surface area contributed by atoms with Crippen LogP contribution in [0.5, 0.6) is 0 Å². The van der Waals surface area contributed by atoms with E-state index in [0.29, 0.717) is 5.56 Å². The molecule has 26 heavy (non-hydrogen) atoms. The molecule has 3 N–H and O–H groups in total. The number of aliphatic hydroxyl groups is 1. The lowest BCUT2D eigenvalue weighted by Gasteiger charge is -2.20. The molecule has 0 saturated heterocycles. The van der Waals surface area contributed by atoms with Crippen molar-refractivity contribution in [3.8, 4) is 11.1 Å². The predicted molar refractivity (Wildman–Crippen MR) is 102 cm³/mol. The number of nitrogens with two attached hydrogens (primary N) is 1. The molecule has 1 unspecified atom stereocenters. The molecular formula is C19H21Cl2FN2O2. The van der Waals surface area contributed by atoms with Gasteiger partial charge in [0, 0.05) is 30.1 Å². The molecule has 1 aromatic carbocycles. The number of pyridine rings is 1. The maximum Gasteiger partial charge on any atom is 0.166 e. The lowest BCUT2D eigenvalue weighted by molar-refractivity contribution is -0.119. The summed E-state index contributed by atoms with van der Waals surface area (Å²) in [6.07, 6.45) is 0.386. The summed E-state index contributed by atoms with van der Waals surface area (Å²) in [5.41, 5.74) is 8.91. The lowest BCUT2D eigenvalue weighted by atomic mass is 9.91. The molecule has 0 aliphatic heterocycles. The Balaban J connectivity index is 2.13. The van der Waals surface area contributed by atoms with Gasteiger partial charge in [0.05, 0.1) is 18.5 Å². The Labute approximate surface area is 162 Å². The number of benzene rings is 1. The van der Waals surface area contributed by atoms with Crippen LogP contribution in [-0.4, -0.2) is 27.4 Å². The van der Waals surface area contributed by atoms with E-state index in [1.54, 1.807) is 18.3 Å². The van der Waals surface area contributed by atoms with Gasteiger partial charge in [-0.15, -0.1) is 0 Å². The number of hydrogen-bond donors (Lipinski definition) is 2. The number of ketones is 1. The van der Waals surface area contributed by atoms with E-state index in [-0.39, 0.29) is 12.5 Å². The number of aromatic nitrogens is 1. The van der Waals surface area contributed by atoms with Gasteiger partial charge in [0.25, 0.3) is 0 Å². The molecule has 7 heteroatoms. The first-order chi connectivity index (χ1) is 12.3. The van der Waals surface area contributed by atoms with Gasteiger partial charge >= 0.3 is 0 Å². The van der Waals surface area contributed by atoms with Crippen molar-refractivity contribution < 1.29 is 14.3 Å². The van der Waals surface area contributed by atoms with Gasteiger partial charge in [-0.3, -0.25) is 14.2 Å². The molecule has 2 aromatic rings. The molecular weight excluding hydrogens is 378 g/mol. The minimum atomic E-state index is -1.22. The maximum absolute atomic E-state index is 13.2. The van der Waals surface area contributed by atoms with Crippen molar-refractivity contribution in [2.24, 2.45) is 11.7 Å². The highest BCUT2D eigenvalue weighted by Gasteiger charge is 2.26. The monoisotopic (exact) mass is 398 g/mol. The maximum atomic E-state index is 13.2. The van der Waals surface area contributed by atoms with Gasteiger partial charge < -0.3 is 10.8 Å². The predicted octanol–water partition coefficient (Wildman–Crippen LogP) is 4.15. The average molecular weight is 399 g/mol. The molecule has 0 aliphatic rings. The molecule has 0 spiro atoms. The number of carbonyl (C=O) groups is 1. The number of carbonyl (C=O) groups excluding carboxylic acids is 1. The summed E-state index contributed by atoms with van der Waals surface area (Å²) in [5, 5.41) is 10.4. The number of aliphatic hydroxyl groups excluding tert-OH is 1. The fourth-order valence-electron chi connectivity index (χ4n) is 2.59. The van der Waals surface area contributed by atoms with Gasteiger partial charge in [-0.05, 0) is 24.1 Å². The summed E-state index contributed by atoms with van der Waals surface area (Å²) in [6.45, 7) is 1.01. The highest BCUT2D eigenvalue weighted by atomic mass is 35.5. The van der Waals surface area contributed by atoms with Crippen molar-refractivity contribution in [1.82, 2.24) is 4.98 Å². The van der Waals surface area contributed by atoms with Crippen LogP contribution in [-0.2, 0) is 4.79 Å². The quantitative estimate of drug-likeness (QED) is 0.654. The van der Waals surface area contributed by atoms with Gasteiger partial charge in [-0.1, -0.05) is 53.5 Å². The molecule has 0 bridgehead atoms. The summed E-state index contributed by atoms with van der Waals surface area (Å²) >= 11 is 11.0. The third-order valence-electron chi connectivity index (χ3n) is 4.19. The normalized spacial score (nSPS) is 14.9. The van der Waals surface area contributed by atoms with E-state index in [0.717, 1.165) is 16.8 Å². The summed E-state index contributed by atoms with van der Waals surface area (Å²) in [6, 6.07) is 10.7. The van der Waals surface area contributed by atoms with Crippen LogP contribution in [0.15, 0.2) is 42.6 Å². The summed E-state index contributed by atoms with van der Waals surface area (Å²) in [7, 11) is 0. The van der Waals surface area contributed by atoms with Crippen LogP contribution in [0.2, 0.25) is 0 Å². The average Bonchev–Trinajstić information content (AvgIpc) is 2.65. The van der Waals surface area contributed by atoms with E-state index in [1.165, 1.54) is 0 Å². The molecule has 0 aliphatic carbocycles. The minimum absolute atomic E-state index is 0.137. The molecule has 0 amide bonds. The number of hydrogen-bond acceptors (Lipinski definition) is 4. The van der Waals surface area contributed by atoms with Gasteiger partial charge in [-0.25, -0.2) is 0 Å². The number of nitrogens with zero attached hydrogens (tertiary/aromatic N) is 1. The molecule has 0 fully saturated rings. The van der Waals surface area contributed by atoms with Crippen molar-refractivity contribution in [2.45, 2.75) is 30.3 Å². The Hall–Kier alpha value is -1.53. The standard InChI is InChI=1S/C19H21Cl2FN2O2/c1-11(23)16-7-6-14(10-24-16)12-2-4-13(5-3-12)18(26)15(9-22)8-17(25)19(20)21/h2-7,10-11,15,18-19,26H,8-9,23H2,1H3/t11?,15-,18-/m1/s1. The molecule has 3 atom stereocenters. The highest BCUT2D eigenvalue weighted by molar-refractivity contribution is 6.53. The summed E-state index contributed by atoms with van der Waals surface area (Å²) in [5.74, 6) is -1.40. The fourth-order valence-corrected chi connectivity index (χ4v) is 2.77. The summed E-state index contributed by atoms with van der Waals surface area (Å²) in [4.78, 5) is 14.7. The molecule has 1 heterocycles. The van der Waals surface area contributed by atoms with Crippen molar-refractivity contribution in [3.63, 3.8) is 0 Å². The lowest BCUT2D eigenvalue weighted by Crippen LogP contribution is -2.21. The Morgan fingerprint density at radius 2 is 1.81 bits per heavy atom. The van der Waals surface area contributed by atoms with Gasteiger partial charge in [0.1, 0.15) is 0 Å². The number of halogens is 3. The van der Waals surface area contributed by atoms with Gasteiger partial charge in [0.15, 0.2) is 10.6 Å². The van der Waals surface area contributed by atoms with Crippen LogP contribution in [0, 0.1) is 5.92 Å². The van der Waals surface area contributed by atoms with Gasteiger partial charge in [-0.2, -0.15) is 0 Å². The molecule has 1 aromatic heterocycles. The molecule has 140 valence electrons. The number of rotatable bonds is 8. The Morgan fingerprint density at radius 3 is 2.27 bits per heavy atom. The first kappa shape index (κ1) is 20.8. The fraction of sp³-hybridized carbons (Fsp3) is 0.368. The van der Waals surface area contributed by atoms with Gasteiger partial charge in [0.2, 0.25) is 0 Å². The minimum Gasteiger partial charge on any atom is -0.388 e. The van der Waals surface area contributed by atoms with Crippen LogP contribution >= 0.6 is 23.2 Å². The molecule has 0 radical (unpaired) electrons. The van der Waals surface area contributed by atoms with Crippen molar-refractivity contribution in [3.05, 3.63) is 53.9 Å². The van der Waals surface area contributed by atoms with Crippen LogP contribution in [0.3, 0.4) is 0 Å². The van der Waals surface area contributed by atoms with Crippen LogP contribution in [0.1, 0.15) is 36.7 Å². The SMILES string of the molecule is CC(N)c1ccc(-c2ccc([C@@H](O)[C@@H](CF)CC(=O)C(Cl)Cl)cc2)cn1. The van der Waals surface area contributed by atoms with E-state index in [1.807, 2.05) is 31.2 Å². The van der Waals surface area contributed by atoms with E-state index in [2.05, 4.69) is 4.98 Å². The van der Waals surface area contributed by atoms with Crippen LogP contribution < -0.4 is 5.73 Å². The van der Waals surface area contributed by atoms with E-state index < -0.39 is 29.3 Å². The summed E-state index contributed by atoms with van der Waals surface area (Å²) < 4.78 is 13.2. The largest absolute Gasteiger partial charge is 0.388 e. The van der Waals surface area contributed by atoms with Crippen molar-refractivity contribution in [2.75, 3.05) is 6.67 Å². The highest BCUT2D eigenvalue weighted by Crippen LogP contribution is 2.29. The smallest absolute Gasteiger partial charge is 0.166 e.